The number of anilines is 1. The number of nitrogens with one attached hydrogen (secondary N) is 1. The Balaban J connectivity index is 2.20. The molecule has 0 aliphatic heterocycles. The van der Waals surface area contributed by atoms with Crippen molar-refractivity contribution in [3.63, 3.8) is 0 Å². The lowest BCUT2D eigenvalue weighted by Gasteiger charge is -2.16. The largest absolute Gasteiger partial charge is 0.377 e. The van der Waals surface area contributed by atoms with Crippen molar-refractivity contribution in [2.24, 2.45) is 0 Å². The molecule has 0 fully saturated rings. The molecule has 0 radical (unpaired) electrons. The smallest absolute Gasteiger partial charge is 0.0657 e. The van der Waals surface area contributed by atoms with Crippen LogP contribution in [0.4, 0.5) is 5.69 Å². The number of hydrogen-bond donors (Lipinski definition) is 1. The minimum absolute atomic E-state index is 0.200. The Morgan fingerprint density at radius 2 is 1.83 bits per heavy atom. The van der Waals surface area contributed by atoms with E-state index in [1.165, 1.54) is 15.6 Å². The molecule has 0 spiro atoms. The maximum absolute atomic E-state index is 4.37. The van der Waals surface area contributed by atoms with E-state index in [0.29, 0.717) is 0 Å². The van der Waals surface area contributed by atoms with E-state index in [4.69, 9.17) is 0 Å². The third kappa shape index (κ3) is 2.91. The minimum atomic E-state index is 0.200. The van der Waals surface area contributed by atoms with Crippen LogP contribution < -0.4 is 5.32 Å². The first-order chi connectivity index (χ1) is 8.58. The van der Waals surface area contributed by atoms with Gasteiger partial charge in [-0.2, -0.15) is 0 Å². The van der Waals surface area contributed by atoms with Crippen molar-refractivity contribution < 1.29 is 0 Å². The molecule has 1 N–H and O–H groups in total. The molecule has 1 aromatic heterocycles. The van der Waals surface area contributed by atoms with Crippen molar-refractivity contribution in [3.05, 3.63) is 57.8 Å². The van der Waals surface area contributed by atoms with Gasteiger partial charge < -0.3 is 5.32 Å². The summed E-state index contributed by atoms with van der Waals surface area (Å²) >= 11 is 3.58. The van der Waals surface area contributed by atoms with E-state index in [0.717, 1.165) is 11.4 Å². The molecule has 1 heterocycles. The predicted octanol–water partition coefficient (Wildman–Crippen LogP) is 4.63. The summed E-state index contributed by atoms with van der Waals surface area (Å²) in [5.74, 6) is 0. The van der Waals surface area contributed by atoms with Crippen LogP contribution in [0.1, 0.15) is 29.8 Å². The maximum atomic E-state index is 4.37. The first-order valence-corrected chi connectivity index (χ1v) is 6.81. The van der Waals surface area contributed by atoms with Crippen LogP contribution in [0.15, 0.2) is 41.0 Å². The maximum Gasteiger partial charge on any atom is 0.0657 e. The molecular weight excluding hydrogens is 288 g/mol. The van der Waals surface area contributed by atoms with Gasteiger partial charge in [0.2, 0.25) is 0 Å². The molecule has 2 nitrogen and oxygen atoms in total. The van der Waals surface area contributed by atoms with Crippen LogP contribution in [0, 0.1) is 13.8 Å². The van der Waals surface area contributed by atoms with Gasteiger partial charge in [-0.1, -0.05) is 22.0 Å². The van der Waals surface area contributed by atoms with Gasteiger partial charge in [-0.3, -0.25) is 4.98 Å². The summed E-state index contributed by atoms with van der Waals surface area (Å²) in [5, 5.41) is 3.48. The zero-order valence-corrected chi connectivity index (χ0v) is 12.5. The highest BCUT2D eigenvalue weighted by Crippen LogP contribution is 2.27. The van der Waals surface area contributed by atoms with Crippen molar-refractivity contribution >= 4 is 21.6 Å². The Bertz CT molecular complexity index is 514. The van der Waals surface area contributed by atoms with Gasteiger partial charge in [0, 0.05) is 16.4 Å². The van der Waals surface area contributed by atoms with E-state index in [-0.39, 0.29) is 6.04 Å². The highest BCUT2D eigenvalue weighted by atomic mass is 79.9. The average molecular weight is 305 g/mol. The summed E-state index contributed by atoms with van der Waals surface area (Å²) in [6, 6.07) is 10.5. The zero-order valence-electron chi connectivity index (χ0n) is 10.9. The van der Waals surface area contributed by atoms with Crippen LogP contribution in [0.25, 0.3) is 0 Å². The van der Waals surface area contributed by atoms with Gasteiger partial charge >= 0.3 is 0 Å². The fourth-order valence-corrected chi connectivity index (χ4v) is 2.21. The Morgan fingerprint density at radius 1 is 1.17 bits per heavy atom. The lowest BCUT2D eigenvalue weighted by molar-refractivity contribution is 0.839. The molecule has 3 heteroatoms. The first kappa shape index (κ1) is 13.1. The number of pyridine rings is 1. The Labute approximate surface area is 117 Å². The molecule has 1 aromatic carbocycles. The molecule has 0 bridgehead atoms. The summed E-state index contributed by atoms with van der Waals surface area (Å²) in [5.41, 5.74) is 4.67. The average Bonchev–Trinajstić information content (AvgIpc) is 2.37. The molecular formula is C15H17BrN2. The topological polar surface area (TPSA) is 24.9 Å². The second-order valence-electron chi connectivity index (χ2n) is 4.54. The van der Waals surface area contributed by atoms with E-state index >= 15 is 0 Å². The second kappa shape index (κ2) is 5.53. The number of aromatic nitrogens is 1. The van der Waals surface area contributed by atoms with Gasteiger partial charge in [0.15, 0.2) is 0 Å². The summed E-state index contributed by atoms with van der Waals surface area (Å²) in [7, 11) is 0. The third-order valence-electron chi connectivity index (χ3n) is 2.95. The number of aryl methyl sites for hydroxylation is 2. The van der Waals surface area contributed by atoms with Crippen molar-refractivity contribution in [2.45, 2.75) is 26.8 Å². The molecule has 1 atom stereocenters. The van der Waals surface area contributed by atoms with Crippen LogP contribution in [0.3, 0.4) is 0 Å². The molecule has 0 amide bonds. The van der Waals surface area contributed by atoms with E-state index in [1.807, 2.05) is 24.4 Å². The Morgan fingerprint density at radius 3 is 2.39 bits per heavy atom. The van der Waals surface area contributed by atoms with Crippen molar-refractivity contribution in [1.82, 2.24) is 4.98 Å². The fraction of sp³-hybridized carbons (Fsp3) is 0.267. The zero-order chi connectivity index (χ0) is 13.1. The molecule has 2 rings (SSSR count). The van der Waals surface area contributed by atoms with Crippen LogP contribution in [0.5, 0.6) is 0 Å². The summed E-state index contributed by atoms with van der Waals surface area (Å²) in [4.78, 5) is 4.37. The lowest BCUT2D eigenvalue weighted by Crippen LogP contribution is -2.08. The van der Waals surface area contributed by atoms with E-state index < -0.39 is 0 Å². The van der Waals surface area contributed by atoms with E-state index in [9.17, 15) is 0 Å². The highest BCUT2D eigenvalue weighted by Gasteiger charge is 2.08. The molecule has 18 heavy (non-hydrogen) atoms. The van der Waals surface area contributed by atoms with Crippen molar-refractivity contribution in [1.29, 1.82) is 0 Å². The van der Waals surface area contributed by atoms with Gasteiger partial charge in [-0.05, 0) is 56.2 Å². The number of nitrogens with zero attached hydrogens (tertiary/aromatic N) is 1. The van der Waals surface area contributed by atoms with Crippen LogP contribution in [-0.4, -0.2) is 4.98 Å². The normalized spacial score (nSPS) is 12.2. The van der Waals surface area contributed by atoms with Crippen molar-refractivity contribution in [2.75, 3.05) is 5.32 Å². The predicted molar refractivity (Wildman–Crippen MR) is 79.9 cm³/mol. The number of halogens is 1. The van der Waals surface area contributed by atoms with Gasteiger partial charge in [-0.25, -0.2) is 0 Å². The molecule has 0 aliphatic rings. The molecule has 0 aliphatic carbocycles. The molecule has 0 saturated carbocycles. The molecule has 0 saturated heterocycles. The van der Waals surface area contributed by atoms with Crippen molar-refractivity contribution in [3.8, 4) is 0 Å². The monoisotopic (exact) mass is 304 g/mol. The molecule has 1 unspecified atom stereocenters. The number of benzene rings is 1. The summed E-state index contributed by atoms with van der Waals surface area (Å²) in [6.45, 7) is 6.33. The Hall–Kier alpha value is -1.35. The quantitative estimate of drug-likeness (QED) is 0.894. The number of rotatable bonds is 3. The summed E-state index contributed by atoms with van der Waals surface area (Å²) in [6.07, 6.45) is 1.82. The van der Waals surface area contributed by atoms with Crippen LogP contribution in [0.2, 0.25) is 0 Å². The lowest BCUT2D eigenvalue weighted by atomic mass is 10.1. The summed E-state index contributed by atoms with van der Waals surface area (Å²) < 4.78 is 1.18. The molecule has 2 aromatic rings. The Kier molecular flexibility index (Phi) is 4.02. The third-order valence-corrected chi connectivity index (χ3v) is 4.20. The van der Waals surface area contributed by atoms with Crippen LogP contribution >= 0.6 is 15.9 Å². The van der Waals surface area contributed by atoms with Gasteiger partial charge in [0.05, 0.1) is 11.7 Å². The minimum Gasteiger partial charge on any atom is -0.377 e. The molecule has 94 valence electrons. The number of hydrogen-bond acceptors (Lipinski definition) is 2. The van der Waals surface area contributed by atoms with Gasteiger partial charge in [-0.15, -0.1) is 0 Å². The van der Waals surface area contributed by atoms with E-state index in [2.05, 4.69) is 59.1 Å². The fourth-order valence-electron chi connectivity index (χ4n) is 1.99. The highest BCUT2D eigenvalue weighted by molar-refractivity contribution is 9.10. The van der Waals surface area contributed by atoms with Crippen LogP contribution in [-0.2, 0) is 0 Å². The van der Waals surface area contributed by atoms with Gasteiger partial charge in [0.25, 0.3) is 0 Å². The SMILES string of the molecule is Cc1cc(NC(C)c2ccccn2)cc(C)c1Br. The second-order valence-corrected chi connectivity index (χ2v) is 5.34. The van der Waals surface area contributed by atoms with Gasteiger partial charge in [0.1, 0.15) is 0 Å². The first-order valence-electron chi connectivity index (χ1n) is 6.02. The van der Waals surface area contributed by atoms with E-state index in [1.54, 1.807) is 0 Å². The standard InChI is InChI=1S/C15H17BrN2/c1-10-8-13(9-11(2)15(10)16)18-12(3)14-6-4-5-7-17-14/h4-9,12,18H,1-3H3.